The van der Waals surface area contributed by atoms with Crippen LogP contribution in [0.15, 0.2) is 24.5 Å². The fraction of sp³-hybridized carbons (Fsp3) is 0. The molecule has 66 valence electrons. The van der Waals surface area contributed by atoms with Crippen LogP contribution in [0.25, 0.3) is 5.82 Å². The molecule has 5 nitrogen and oxygen atoms in total. The Hall–Kier alpha value is -1.98. The first-order chi connectivity index (χ1) is 6.25. The quantitative estimate of drug-likeness (QED) is 0.649. The smallest absolute Gasteiger partial charge is 0.333 e. The molecule has 0 unspecified atom stereocenters. The van der Waals surface area contributed by atoms with Gasteiger partial charge in [0, 0.05) is 0 Å². The maximum atomic E-state index is 12.6. The summed E-state index contributed by atoms with van der Waals surface area (Å²) in [6.07, 6.45) is 1.25. The van der Waals surface area contributed by atoms with E-state index in [0.717, 1.165) is 0 Å². The van der Waals surface area contributed by atoms with Crippen molar-refractivity contribution in [3.63, 3.8) is 0 Å². The summed E-state index contributed by atoms with van der Waals surface area (Å²) in [5, 5.41) is 12.4. The molecule has 0 radical (unpaired) electrons. The van der Waals surface area contributed by atoms with Gasteiger partial charge < -0.3 is 5.11 Å². The molecule has 0 atom stereocenters. The van der Waals surface area contributed by atoms with Gasteiger partial charge in [0.1, 0.15) is 6.33 Å². The summed E-state index contributed by atoms with van der Waals surface area (Å²) >= 11 is 0. The van der Waals surface area contributed by atoms with Crippen molar-refractivity contribution < 1.29 is 9.50 Å². The molecule has 0 aliphatic rings. The summed E-state index contributed by atoms with van der Waals surface area (Å²) in [7, 11) is 0. The van der Waals surface area contributed by atoms with E-state index >= 15 is 0 Å². The predicted molar refractivity (Wildman–Crippen MR) is 40.8 cm³/mol. The Balaban J connectivity index is 2.46. The van der Waals surface area contributed by atoms with E-state index < -0.39 is 5.95 Å². The topological polar surface area (TPSA) is 63.8 Å². The van der Waals surface area contributed by atoms with Crippen LogP contribution in [-0.2, 0) is 0 Å². The van der Waals surface area contributed by atoms with Crippen LogP contribution in [0.4, 0.5) is 4.39 Å². The van der Waals surface area contributed by atoms with E-state index in [1.807, 2.05) is 0 Å². The molecule has 6 heteroatoms. The molecular weight excluding hydrogens is 175 g/mol. The molecule has 0 fully saturated rings. The lowest BCUT2D eigenvalue weighted by molar-refractivity contribution is 0.429. The summed E-state index contributed by atoms with van der Waals surface area (Å²) in [5.74, 6) is -0.333. The number of hydrogen-bond acceptors (Lipinski definition) is 4. The summed E-state index contributed by atoms with van der Waals surface area (Å²) < 4.78 is 13.8. The molecule has 2 rings (SSSR count). The number of pyridine rings is 1. The largest absolute Gasteiger partial charge is 0.478 e. The Bertz CT molecular complexity index is 428. The Labute approximate surface area is 72.5 Å². The van der Waals surface area contributed by atoms with Crippen LogP contribution in [-0.4, -0.2) is 24.9 Å². The van der Waals surface area contributed by atoms with Crippen LogP contribution >= 0.6 is 0 Å². The first-order valence-electron chi connectivity index (χ1n) is 3.49. The van der Waals surface area contributed by atoms with Crippen LogP contribution in [0.5, 0.6) is 6.01 Å². The van der Waals surface area contributed by atoms with E-state index in [1.54, 1.807) is 6.07 Å². The monoisotopic (exact) mass is 180 g/mol. The second-order valence-corrected chi connectivity index (χ2v) is 2.31. The maximum absolute atomic E-state index is 12.6. The minimum absolute atomic E-state index is 0.271. The average Bonchev–Trinajstić information content (AvgIpc) is 2.52. The third-order valence-electron chi connectivity index (χ3n) is 1.41. The van der Waals surface area contributed by atoms with Gasteiger partial charge in [0.2, 0.25) is 5.95 Å². The number of rotatable bonds is 1. The molecule has 0 bridgehead atoms. The molecule has 13 heavy (non-hydrogen) atoms. The van der Waals surface area contributed by atoms with Gasteiger partial charge in [-0.25, -0.2) is 4.98 Å². The highest BCUT2D eigenvalue weighted by Crippen LogP contribution is 2.05. The fourth-order valence-electron chi connectivity index (χ4n) is 0.890. The molecule has 2 aromatic rings. The molecule has 0 amide bonds. The van der Waals surface area contributed by atoms with E-state index in [2.05, 4.69) is 15.1 Å². The lowest BCUT2D eigenvalue weighted by Crippen LogP contribution is -1.98. The minimum atomic E-state index is -0.604. The Morgan fingerprint density at radius 1 is 1.38 bits per heavy atom. The second-order valence-electron chi connectivity index (χ2n) is 2.31. The highest BCUT2D eigenvalue weighted by Gasteiger charge is 2.02. The third-order valence-corrected chi connectivity index (χ3v) is 1.41. The number of aromatic hydroxyl groups is 1. The molecule has 2 heterocycles. The normalized spacial score (nSPS) is 10.2. The third kappa shape index (κ3) is 1.46. The van der Waals surface area contributed by atoms with Crippen molar-refractivity contribution in [2.45, 2.75) is 0 Å². The summed E-state index contributed by atoms with van der Waals surface area (Å²) in [5.41, 5.74) is 0. The Kier molecular flexibility index (Phi) is 1.66. The van der Waals surface area contributed by atoms with Gasteiger partial charge in [-0.2, -0.15) is 14.1 Å². The van der Waals surface area contributed by atoms with Crippen LogP contribution in [0.3, 0.4) is 0 Å². The van der Waals surface area contributed by atoms with E-state index in [-0.39, 0.29) is 11.8 Å². The van der Waals surface area contributed by atoms with Crippen molar-refractivity contribution in [1.82, 2.24) is 19.7 Å². The highest BCUT2D eigenvalue weighted by atomic mass is 19.1. The van der Waals surface area contributed by atoms with Crippen molar-refractivity contribution in [2.24, 2.45) is 0 Å². The Morgan fingerprint density at radius 3 is 2.85 bits per heavy atom. The van der Waals surface area contributed by atoms with Crippen molar-refractivity contribution in [2.75, 3.05) is 0 Å². The molecule has 0 saturated carbocycles. The minimum Gasteiger partial charge on any atom is -0.478 e. The first kappa shape index (κ1) is 7.66. The maximum Gasteiger partial charge on any atom is 0.333 e. The van der Waals surface area contributed by atoms with Crippen molar-refractivity contribution in [3.05, 3.63) is 30.5 Å². The molecule has 0 aliphatic heterocycles. The van der Waals surface area contributed by atoms with Gasteiger partial charge >= 0.3 is 6.01 Å². The van der Waals surface area contributed by atoms with Gasteiger partial charge in [-0.1, -0.05) is 6.07 Å². The second kappa shape index (κ2) is 2.81. The van der Waals surface area contributed by atoms with Gasteiger partial charge in [0.25, 0.3) is 0 Å². The van der Waals surface area contributed by atoms with Crippen LogP contribution < -0.4 is 0 Å². The molecule has 0 saturated heterocycles. The molecule has 2 aromatic heterocycles. The van der Waals surface area contributed by atoms with Crippen molar-refractivity contribution in [3.8, 4) is 11.8 Å². The zero-order valence-corrected chi connectivity index (χ0v) is 6.42. The lowest BCUT2D eigenvalue weighted by atomic mass is 10.4. The summed E-state index contributed by atoms with van der Waals surface area (Å²) in [6.45, 7) is 0. The molecule has 0 spiro atoms. The van der Waals surface area contributed by atoms with E-state index in [4.69, 9.17) is 5.11 Å². The SMILES string of the molecule is Oc1ncn(-c2cccc(F)n2)n1. The van der Waals surface area contributed by atoms with E-state index in [0.29, 0.717) is 0 Å². The van der Waals surface area contributed by atoms with Gasteiger partial charge in [0.15, 0.2) is 5.82 Å². The molecular formula is C7H5FN4O. The average molecular weight is 180 g/mol. The van der Waals surface area contributed by atoms with E-state index in [1.165, 1.54) is 23.1 Å². The fourth-order valence-corrected chi connectivity index (χ4v) is 0.890. The highest BCUT2D eigenvalue weighted by molar-refractivity contribution is 5.19. The standard InChI is InChI=1S/C7H5FN4O/c8-5-2-1-3-6(10-5)12-4-9-7(13)11-12/h1-4H,(H,11,13). The first-order valence-corrected chi connectivity index (χ1v) is 3.49. The van der Waals surface area contributed by atoms with Crippen LogP contribution in [0.2, 0.25) is 0 Å². The van der Waals surface area contributed by atoms with Crippen LogP contribution in [0, 0.1) is 5.95 Å². The Morgan fingerprint density at radius 2 is 2.23 bits per heavy atom. The van der Waals surface area contributed by atoms with E-state index in [9.17, 15) is 4.39 Å². The van der Waals surface area contributed by atoms with Gasteiger partial charge in [0.05, 0.1) is 0 Å². The summed E-state index contributed by atoms with van der Waals surface area (Å²) in [6, 6.07) is 3.90. The number of hydrogen-bond donors (Lipinski definition) is 1. The number of nitrogens with zero attached hydrogens (tertiary/aromatic N) is 4. The zero-order chi connectivity index (χ0) is 9.26. The lowest BCUT2D eigenvalue weighted by Gasteiger charge is -1.96. The molecule has 1 N–H and O–H groups in total. The number of halogens is 1. The van der Waals surface area contributed by atoms with Gasteiger partial charge in [-0.05, 0) is 12.1 Å². The molecule has 0 aliphatic carbocycles. The van der Waals surface area contributed by atoms with Crippen molar-refractivity contribution in [1.29, 1.82) is 0 Å². The predicted octanol–water partition coefficient (Wildman–Crippen LogP) is 0.507. The molecule has 0 aromatic carbocycles. The van der Waals surface area contributed by atoms with Gasteiger partial charge in [-0.3, -0.25) is 0 Å². The summed E-state index contributed by atoms with van der Waals surface area (Å²) in [4.78, 5) is 7.01. The van der Waals surface area contributed by atoms with Gasteiger partial charge in [-0.15, -0.1) is 5.10 Å². The zero-order valence-electron chi connectivity index (χ0n) is 6.42. The number of aromatic nitrogens is 4. The van der Waals surface area contributed by atoms with Crippen LogP contribution in [0.1, 0.15) is 0 Å². The van der Waals surface area contributed by atoms with Crippen molar-refractivity contribution >= 4 is 0 Å².